The van der Waals surface area contributed by atoms with Crippen molar-refractivity contribution in [2.45, 2.75) is 52.5 Å². The summed E-state index contributed by atoms with van der Waals surface area (Å²) in [7, 11) is 0. The van der Waals surface area contributed by atoms with Crippen LogP contribution in [0.2, 0.25) is 0 Å². The maximum atomic E-state index is 11.6. The Hall–Kier alpha value is -1.76. The molecule has 0 spiro atoms. The molecule has 1 aliphatic rings. The van der Waals surface area contributed by atoms with Crippen molar-refractivity contribution in [3.8, 4) is 6.07 Å². The summed E-state index contributed by atoms with van der Waals surface area (Å²) in [5.74, 6) is 0.759. The van der Waals surface area contributed by atoms with Crippen molar-refractivity contribution in [2.75, 3.05) is 5.32 Å². The van der Waals surface area contributed by atoms with Crippen LogP contribution in [0.4, 0.5) is 5.69 Å². The van der Waals surface area contributed by atoms with E-state index in [1.54, 1.807) is 12.3 Å². The second-order valence-electron chi connectivity index (χ2n) is 6.77. The molecule has 2 rings (SSSR count). The monoisotopic (exact) mass is 273 g/mol. The van der Waals surface area contributed by atoms with Gasteiger partial charge < -0.3 is 10.3 Å². The van der Waals surface area contributed by atoms with Gasteiger partial charge in [0.25, 0.3) is 5.56 Å². The third kappa shape index (κ3) is 3.22. The molecule has 0 unspecified atom stereocenters. The van der Waals surface area contributed by atoms with Gasteiger partial charge in [-0.15, -0.1) is 0 Å². The van der Waals surface area contributed by atoms with Crippen molar-refractivity contribution < 1.29 is 0 Å². The van der Waals surface area contributed by atoms with Gasteiger partial charge >= 0.3 is 0 Å². The first-order chi connectivity index (χ1) is 9.41. The molecule has 1 aromatic rings. The van der Waals surface area contributed by atoms with Gasteiger partial charge in [-0.05, 0) is 43.1 Å². The van der Waals surface area contributed by atoms with Gasteiger partial charge in [0, 0.05) is 12.2 Å². The minimum Gasteiger partial charge on any atom is -0.381 e. The summed E-state index contributed by atoms with van der Waals surface area (Å²) in [4.78, 5) is 14.1. The maximum absolute atomic E-state index is 11.6. The number of H-pyrrole nitrogens is 1. The summed E-state index contributed by atoms with van der Waals surface area (Å²) in [5, 5.41) is 12.4. The Morgan fingerprint density at radius 3 is 2.50 bits per heavy atom. The van der Waals surface area contributed by atoms with Gasteiger partial charge in [-0.25, -0.2) is 0 Å². The van der Waals surface area contributed by atoms with E-state index in [9.17, 15) is 4.79 Å². The summed E-state index contributed by atoms with van der Waals surface area (Å²) >= 11 is 0. The fourth-order valence-corrected chi connectivity index (χ4v) is 3.03. The first kappa shape index (κ1) is 14.6. The summed E-state index contributed by atoms with van der Waals surface area (Å²) in [6.45, 7) is 6.90. The van der Waals surface area contributed by atoms with Crippen molar-refractivity contribution in [3.63, 3.8) is 0 Å². The summed E-state index contributed by atoms with van der Waals surface area (Å²) in [5.41, 5.74) is 0.897. The first-order valence-electron chi connectivity index (χ1n) is 7.30. The Kier molecular flexibility index (Phi) is 4.17. The fourth-order valence-electron chi connectivity index (χ4n) is 3.03. The van der Waals surface area contributed by atoms with Gasteiger partial charge in [0.2, 0.25) is 0 Å². The van der Waals surface area contributed by atoms with E-state index in [1.165, 1.54) is 12.8 Å². The molecule has 1 fully saturated rings. The molecular weight excluding hydrogens is 250 g/mol. The lowest BCUT2D eigenvalue weighted by molar-refractivity contribution is 0.173. The minimum atomic E-state index is -0.319. The number of hydrogen-bond donors (Lipinski definition) is 2. The predicted octanol–water partition coefficient (Wildman–Crippen LogP) is 3.26. The van der Waals surface area contributed by atoms with Gasteiger partial charge in [0.1, 0.15) is 11.6 Å². The van der Waals surface area contributed by atoms with Crippen LogP contribution in [0.3, 0.4) is 0 Å². The van der Waals surface area contributed by atoms with E-state index >= 15 is 0 Å². The number of hydrogen-bond acceptors (Lipinski definition) is 3. The number of pyridine rings is 1. The van der Waals surface area contributed by atoms with E-state index in [-0.39, 0.29) is 11.1 Å². The van der Waals surface area contributed by atoms with Crippen LogP contribution in [0.1, 0.15) is 52.0 Å². The Morgan fingerprint density at radius 1 is 1.30 bits per heavy atom. The SMILES string of the molecule is CC(C)(C)[C@H]1CC[C@@H](Nc2cc[nH]c(=O)c2C#N)CC1. The third-order valence-corrected chi connectivity index (χ3v) is 4.38. The number of aromatic amines is 1. The smallest absolute Gasteiger partial charge is 0.267 e. The second kappa shape index (κ2) is 5.70. The molecule has 0 radical (unpaired) electrons. The Bertz CT molecular complexity index is 554. The van der Waals surface area contributed by atoms with E-state index < -0.39 is 0 Å². The van der Waals surface area contributed by atoms with Crippen molar-refractivity contribution in [2.24, 2.45) is 11.3 Å². The number of anilines is 1. The van der Waals surface area contributed by atoms with E-state index in [0.717, 1.165) is 18.8 Å². The van der Waals surface area contributed by atoms with Crippen LogP contribution in [-0.4, -0.2) is 11.0 Å². The Balaban J connectivity index is 2.02. The zero-order chi connectivity index (χ0) is 14.8. The van der Waals surface area contributed by atoms with Crippen molar-refractivity contribution in [3.05, 3.63) is 28.2 Å². The lowest BCUT2D eigenvalue weighted by Gasteiger charge is -2.37. The second-order valence-corrected chi connectivity index (χ2v) is 6.77. The lowest BCUT2D eigenvalue weighted by Crippen LogP contribution is -2.32. The highest BCUT2D eigenvalue weighted by atomic mass is 16.1. The van der Waals surface area contributed by atoms with E-state index in [1.807, 2.05) is 6.07 Å². The Morgan fingerprint density at radius 2 is 1.95 bits per heavy atom. The minimum absolute atomic E-state index is 0.186. The molecule has 4 nitrogen and oxygen atoms in total. The first-order valence-corrected chi connectivity index (χ1v) is 7.30. The van der Waals surface area contributed by atoms with Crippen LogP contribution in [0.15, 0.2) is 17.1 Å². The molecule has 0 atom stereocenters. The number of rotatable bonds is 2. The van der Waals surface area contributed by atoms with E-state index in [0.29, 0.717) is 17.1 Å². The fraction of sp³-hybridized carbons (Fsp3) is 0.625. The third-order valence-electron chi connectivity index (χ3n) is 4.38. The zero-order valence-electron chi connectivity index (χ0n) is 12.5. The van der Waals surface area contributed by atoms with Gasteiger partial charge in [-0.3, -0.25) is 4.79 Å². The van der Waals surface area contributed by atoms with Crippen molar-refractivity contribution >= 4 is 5.69 Å². The molecular formula is C16H23N3O. The van der Waals surface area contributed by atoms with E-state index in [4.69, 9.17) is 5.26 Å². The number of nitrogens with zero attached hydrogens (tertiary/aromatic N) is 1. The average Bonchev–Trinajstić information content (AvgIpc) is 2.38. The van der Waals surface area contributed by atoms with E-state index in [2.05, 4.69) is 31.1 Å². The topological polar surface area (TPSA) is 68.7 Å². The lowest BCUT2D eigenvalue weighted by atomic mass is 9.71. The number of nitriles is 1. The van der Waals surface area contributed by atoms with Crippen molar-refractivity contribution in [1.82, 2.24) is 4.98 Å². The number of nitrogens with one attached hydrogen (secondary N) is 2. The molecule has 108 valence electrons. The molecule has 0 aliphatic heterocycles. The molecule has 4 heteroatoms. The largest absolute Gasteiger partial charge is 0.381 e. The van der Waals surface area contributed by atoms with Gasteiger partial charge in [0.05, 0.1) is 5.69 Å². The van der Waals surface area contributed by atoms with Gasteiger partial charge in [0.15, 0.2) is 0 Å². The molecule has 0 amide bonds. The highest BCUT2D eigenvalue weighted by molar-refractivity contribution is 5.56. The van der Waals surface area contributed by atoms with Gasteiger partial charge in [-0.2, -0.15) is 5.26 Å². The summed E-state index contributed by atoms with van der Waals surface area (Å²) < 4.78 is 0. The molecule has 1 heterocycles. The van der Waals surface area contributed by atoms with Crippen LogP contribution in [0, 0.1) is 22.7 Å². The molecule has 20 heavy (non-hydrogen) atoms. The molecule has 1 saturated carbocycles. The summed E-state index contributed by atoms with van der Waals surface area (Å²) in [6.07, 6.45) is 6.18. The van der Waals surface area contributed by atoms with Crippen LogP contribution >= 0.6 is 0 Å². The average molecular weight is 273 g/mol. The highest BCUT2D eigenvalue weighted by Crippen LogP contribution is 2.38. The zero-order valence-corrected chi connectivity index (χ0v) is 12.5. The molecule has 2 N–H and O–H groups in total. The van der Waals surface area contributed by atoms with Crippen LogP contribution in [0.25, 0.3) is 0 Å². The molecule has 0 aromatic carbocycles. The summed E-state index contributed by atoms with van der Waals surface area (Å²) in [6, 6.07) is 4.12. The standard InChI is InChI=1S/C16H23N3O/c1-16(2,3)11-4-6-12(7-5-11)19-14-8-9-18-15(20)13(14)10-17/h8-9,11-12H,4-7H2,1-3H3,(H2,18,19,20)/t11-,12+. The van der Waals surface area contributed by atoms with Crippen LogP contribution < -0.4 is 10.9 Å². The highest BCUT2D eigenvalue weighted by Gasteiger charge is 2.29. The molecule has 1 aromatic heterocycles. The molecule has 1 aliphatic carbocycles. The van der Waals surface area contributed by atoms with Gasteiger partial charge in [-0.1, -0.05) is 20.8 Å². The quantitative estimate of drug-likeness (QED) is 0.869. The maximum Gasteiger partial charge on any atom is 0.267 e. The molecule has 0 saturated heterocycles. The number of aromatic nitrogens is 1. The van der Waals surface area contributed by atoms with Crippen LogP contribution in [-0.2, 0) is 0 Å². The van der Waals surface area contributed by atoms with Crippen LogP contribution in [0.5, 0.6) is 0 Å². The predicted molar refractivity (Wildman–Crippen MR) is 80.6 cm³/mol. The van der Waals surface area contributed by atoms with Crippen molar-refractivity contribution in [1.29, 1.82) is 5.26 Å². The normalized spacial score (nSPS) is 23.1. The Labute approximate surface area is 120 Å². The molecule has 0 bridgehead atoms.